The first-order valence-corrected chi connectivity index (χ1v) is 6.75. The van der Waals surface area contributed by atoms with Crippen molar-refractivity contribution in [2.75, 3.05) is 19.8 Å². The van der Waals surface area contributed by atoms with Crippen LogP contribution in [0.3, 0.4) is 0 Å². The lowest BCUT2D eigenvalue weighted by Gasteiger charge is -2.32. The van der Waals surface area contributed by atoms with Crippen LogP contribution in [0.15, 0.2) is 0 Å². The maximum Gasteiger partial charge on any atom is 0.329 e. The number of hydrogen-bond acceptors (Lipinski definition) is 4. The van der Waals surface area contributed by atoms with Crippen LogP contribution in [0.4, 0.5) is 0 Å². The van der Waals surface area contributed by atoms with Gasteiger partial charge in [0.1, 0.15) is 5.54 Å². The molecule has 0 amide bonds. The molecule has 0 aromatic carbocycles. The average Bonchev–Trinajstić information content (AvgIpc) is 3.16. The van der Waals surface area contributed by atoms with E-state index in [9.17, 15) is 4.79 Å². The van der Waals surface area contributed by atoms with E-state index in [2.05, 4.69) is 5.32 Å². The SMILES string of the molecule is CCOCC(NC1CC1)(C(=O)OCC)C1CC1. The molecule has 0 heterocycles. The van der Waals surface area contributed by atoms with Crippen LogP contribution < -0.4 is 5.32 Å². The zero-order chi connectivity index (χ0) is 12.3. The van der Waals surface area contributed by atoms with E-state index in [4.69, 9.17) is 9.47 Å². The van der Waals surface area contributed by atoms with Gasteiger partial charge in [0.15, 0.2) is 0 Å². The Morgan fingerprint density at radius 1 is 1.24 bits per heavy atom. The van der Waals surface area contributed by atoms with Gasteiger partial charge in [0.05, 0.1) is 13.2 Å². The molecule has 1 atom stereocenters. The molecular formula is C13H23NO3. The first kappa shape index (κ1) is 12.8. The van der Waals surface area contributed by atoms with E-state index in [1.165, 1.54) is 12.8 Å². The molecule has 2 fully saturated rings. The third-order valence-corrected chi connectivity index (χ3v) is 3.49. The lowest BCUT2D eigenvalue weighted by Crippen LogP contribution is -2.59. The third-order valence-electron chi connectivity index (χ3n) is 3.49. The highest BCUT2D eigenvalue weighted by Crippen LogP contribution is 2.42. The standard InChI is InChI=1S/C13H23NO3/c1-3-16-9-13(10-5-6-10,12(15)17-4-2)14-11-7-8-11/h10-11,14H,3-9H2,1-2H3. The van der Waals surface area contributed by atoms with E-state index in [1.807, 2.05) is 13.8 Å². The molecule has 0 aliphatic heterocycles. The van der Waals surface area contributed by atoms with Crippen molar-refractivity contribution in [3.63, 3.8) is 0 Å². The number of carbonyl (C=O) groups is 1. The van der Waals surface area contributed by atoms with Gasteiger partial charge in [0.25, 0.3) is 0 Å². The summed E-state index contributed by atoms with van der Waals surface area (Å²) in [6.45, 7) is 5.34. The summed E-state index contributed by atoms with van der Waals surface area (Å²) < 4.78 is 10.8. The van der Waals surface area contributed by atoms with Crippen LogP contribution >= 0.6 is 0 Å². The van der Waals surface area contributed by atoms with Crippen LogP contribution in [0.5, 0.6) is 0 Å². The van der Waals surface area contributed by atoms with Gasteiger partial charge in [-0.25, -0.2) is 4.79 Å². The summed E-state index contributed by atoms with van der Waals surface area (Å²) in [6, 6.07) is 0.487. The molecular weight excluding hydrogens is 218 g/mol. The van der Waals surface area contributed by atoms with E-state index >= 15 is 0 Å². The first-order chi connectivity index (χ1) is 8.23. The number of nitrogens with one attached hydrogen (secondary N) is 1. The van der Waals surface area contributed by atoms with Crippen molar-refractivity contribution >= 4 is 5.97 Å². The molecule has 1 N–H and O–H groups in total. The molecule has 0 spiro atoms. The highest BCUT2D eigenvalue weighted by Gasteiger charge is 2.54. The zero-order valence-electron chi connectivity index (χ0n) is 10.8. The van der Waals surface area contributed by atoms with Crippen molar-refractivity contribution in [2.45, 2.75) is 51.1 Å². The minimum atomic E-state index is -0.576. The highest BCUT2D eigenvalue weighted by molar-refractivity contribution is 5.82. The number of esters is 1. The smallest absolute Gasteiger partial charge is 0.329 e. The van der Waals surface area contributed by atoms with Crippen molar-refractivity contribution in [1.29, 1.82) is 0 Å². The molecule has 2 saturated carbocycles. The van der Waals surface area contributed by atoms with Crippen LogP contribution in [0.1, 0.15) is 39.5 Å². The van der Waals surface area contributed by atoms with Gasteiger partial charge in [0, 0.05) is 12.6 Å². The molecule has 0 aromatic rings. The fourth-order valence-corrected chi connectivity index (χ4v) is 2.25. The van der Waals surface area contributed by atoms with Gasteiger partial charge in [-0.15, -0.1) is 0 Å². The van der Waals surface area contributed by atoms with Crippen molar-refractivity contribution in [2.24, 2.45) is 5.92 Å². The molecule has 4 heteroatoms. The maximum absolute atomic E-state index is 12.3. The number of ether oxygens (including phenoxy) is 2. The Morgan fingerprint density at radius 2 is 1.94 bits per heavy atom. The van der Waals surface area contributed by atoms with Crippen molar-refractivity contribution < 1.29 is 14.3 Å². The van der Waals surface area contributed by atoms with Crippen molar-refractivity contribution in [1.82, 2.24) is 5.32 Å². The Hall–Kier alpha value is -0.610. The summed E-state index contributed by atoms with van der Waals surface area (Å²) in [7, 11) is 0. The molecule has 17 heavy (non-hydrogen) atoms. The molecule has 0 radical (unpaired) electrons. The largest absolute Gasteiger partial charge is 0.465 e. The van der Waals surface area contributed by atoms with Gasteiger partial charge in [-0.3, -0.25) is 5.32 Å². The van der Waals surface area contributed by atoms with E-state index in [0.29, 0.717) is 31.8 Å². The van der Waals surface area contributed by atoms with Crippen LogP contribution in [-0.2, 0) is 14.3 Å². The van der Waals surface area contributed by atoms with Crippen LogP contribution in [0.25, 0.3) is 0 Å². The summed E-state index contributed by atoms with van der Waals surface area (Å²) in [4.78, 5) is 12.3. The lowest BCUT2D eigenvalue weighted by molar-refractivity contribution is -0.155. The van der Waals surface area contributed by atoms with Crippen LogP contribution in [-0.4, -0.2) is 37.4 Å². The summed E-state index contributed by atoms with van der Waals surface area (Å²) in [5.41, 5.74) is -0.576. The number of hydrogen-bond donors (Lipinski definition) is 1. The van der Waals surface area contributed by atoms with Gasteiger partial charge in [-0.05, 0) is 45.4 Å². The van der Waals surface area contributed by atoms with E-state index < -0.39 is 5.54 Å². The van der Waals surface area contributed by atoms with Crippen LogP contribution in [0.2, 0.25) is 0 Å². The average molecular weight is 241 g/mol. The van der Waals surface area contributed by atoms with Crippen molar-refractivity contribution in [3.05, 3.63) is 0 Å². The third kappa shape index (κ3) is 2.99. The van der Waals surface area contributed by atoms with Crippen molar-refractivity contribution in [3.8, 4) is 0 Å². The Morgan fingerprint density at radius 3 is 2.41 bits per heavy atom. The zero-order valence-corrected chi connectivity index (χ0v) is 10.8. The minimum Gasteiger partial charge on any atom is -0.465 e. The lowest BCUT2D eigenvalue weighted by atomic mass is 9.93. The Labute approximate surface area is 103 Å². The van der Waals surface area contributed by atoms with Gasteiger partial charge in [0.2, 0.25) is 0 Å². The number of rotatable bonds is 8. The normalized spacial score (nSPS) is 23.2. The quantitative estimate of drug-likeness (QED) is 0.654. The summed E-state index contributed by atoms with van der Waals surface area (Å²) in [6.07, 6.45) is 4.54. The molecule has 0 aromatic heterocycles. The summed E-state index contributed by atoms with van der Waals surface area (Å²) >= 11 is 0. The Balaban J connectivity index is 2.07. The summed E-state index contributed by atoms with van der Waals surface area (Å²) in [5, 5.41) is 3.49. The minimum absolute atomic E-state index is 0.122. The molecule has 2 aliphatic rings. The fourth-order valence-electron chi connectivity index (χ4n) is 2.25. The van der Waals surface area contributed by atoms with Crippen LogP contribution in [0, 0.1) is 5.92 Å². The second-order valence-electron chi connectivity index (χ2n) is 5.02. The second-order valence-corrected chi connectivity index (χ2v) is 5.02. The summed E-state index contributed by atoms with van der Waals surface area (Å²) in [5.74, 6) is 0.275. The molecule has 2 aliphatic carbocycles. The first-order valence-electron chi connectivity index (χ1n) is 6.75. The molecule has 4 nitrogen and oxygen atoms in total. The second kappa shape index (κ2) is 5.36. The number of carbonyl (C=O) groups excluding carboxylic acids is 1. The molecule has 0 bridgehead atoms. The highest BCUT2D eigenvalue weighted by atomic mass is 16.5. The molecule has 0 saturated heterocycles. The molecule has 1 unspecified atom stereocenters. The Bertz CT molecular complexity index is 274. The monoisotopic (exact) mass is 241 g/mol. The van der Waals surface area contributed by atoms with Gasteiger partial charge < -0.3 is 9.47 Å². The van der Waals surface area contributed by atoms with E-state index in [-0.39, 0.29) is 5.97 Å². The van der Waals surface area contributed by atoms with Gasteiger partial charge in [-0.1, -0.05) is 0 Å². The fraction of sp³-hybridized carbons (Fsp3) is 0.923. The molecule has 2 rings (SSSR count). The predicted molar refractivity (Wildman–Crippen MR) is 64.7 cm³/mol. The van der Waals surface area contributed by atoms with E-state index in [0.717, 1.165) is 12.8 Å². The van der Waals surface area contributed by atoms with Gasteiger partial charge in [-0.2, -0.15) is 0 Å². The molecule has 98 valence electrons. The topological polar surface area (TPSA) is 47.6 Å². The maximum atomic E-state index is 12.3. The van der Waals surface area contributed by atoms with E-state index in [1.54, 1.807) is 0 Å². The Kier molecular flexibility index (Phi) is 4.05. The predicted octanol–water partition coefficient (Wildman–Crippen LogP) is 1.49. The van der Waals surface area contributed by atoms with Gasteiger partial charge >= 0.3 is 5.97 Å².